The Kier molecular flexibility index (Phi) is 2.90. The van der Waals surface area contributed by atoms with Crippen molar-refractivity contribution in [1.29, 1.82) is 0 Å². The normalized spacial score (nSPS) is 32.5. The molecule has 0 aromatic rings. The monoisotopic (exact) mass is 298 g/mol. The van der Waals surface area contributed by atoms with Crippen LogP contribution in [0, 0.1) is 16.2 Å². The second kappa shape index (κ2) is 4.70. The molecule has 1 fully saturated rings. The minimum Gasteiger partial charge on any atom is -0.497 e. The third kappa shape index (κ3) is 1.83. The minimum absolute atomic E-state index is 0.242. The fourth-order valence-electron chi connectivity index (χ4n) is 4.25. The average Bonchev–Trinajstić information content (AvgIpc) is 2.54. The van der Waals surface area contributed by atoms with E-state index >= 15 is 0 Å². The minimum atomic E-state index is -0.242. The summed E-state index contributed by atoms with van der Waals surface area (Å²) in [4.78, 5) is 12.4. The zero-order valence-electron chi connectivity index (χ0n) is 13.0. The highest BCUT2D eigenvalue weighted by Gasteiger charge is 2.46. The summed E-state index contributed by atoms with van der Waals surface area (Å²) >= 11 is 0. The van der Waals surface area contributed by atoms with Gasteiger partial charge in [-0.1, -0.05) is 6.08 Å². The Balaban J connectivity index is 2.01. The number of rotatable bonds is 2. The molecule has 4 nitrogen and oxygen atoms in total. The van der Waals surface area contributed by atoms with Crippen LogP contribution in [-0.4, -0.2) is 19.0 Å². The number of ether oxygens (including phenoxy) is 2. The van der Waals surface area contributed by atoms with Crippen LogP contribution in [0.25, 0.3) is 0 Å². The van der Waals surface area contributed by atoms with E-state index in [1.54, 1.807) is 20.4 Å². The fourth-order valence-corrected chi connectivity index (χ4v) is 4.25. The lowest BCUT2D eigenvalue weighted by atomic mass is 9.59. The van der Waals surface area contributed by atoms with Crippen LogP contribution in [0.1, 0.15) is 25.7 Å². The van der Waals surface area contributed by atoms with Gasteiger partial charge in [0.1, 0.15) is 10.5 Å². The maximum atomic E-state index is 12.4. The number of fused-ring (bicyclic) bond motifs is 1. The van der Waals surface area contributed by atoms with E-state index in [1.165, 1.54) is 11.1 Å². The summed E-state index contributed by atoms with van der Waals surface area (Å²) in [6.45, 7) is 0. The number of hydrogen-bond donors (Lipinski definition) is 0. The van der Waals surface area contributed by atoms with E-state index in [4.69, 9.17) is 9.47 Å². The van der Waals surface area contributed by atoms with Crippen molar-refractivity contribution in [2.24, 2.45) is 11.3 Å². The molecule has 114 valence electrons. The van der Waals surface area contributed by atoms with Gasteiger partial charge in [0.05, 0.1) is 14.2 Å². The predicted octanol–water partition coefficient (Wildman–Crippen LogP) is 3.74. The predicted molar refractivity (Wildman–Crippen MR) is 82.5 cm³/mol. The van der Waals surface area contributed by atoms with Crippen molar-refractivity contribution in [2.75, 3.05) is 14.2 Å². The highest BCUT2D eigenvalue weighted by molar-refractivity contribution is 5.55. The molecule has 0 aromatic heterocycles. The standard InChI is InChI=1S/C18H20NO3/c1-21-14-5-6-18-9-12-3-4-13(15(7-12)16(18)8-14)11-19(20)17(10-18)22-2/h5-6,8,10-12H,3-4,7,9H2,1-2H3/q+1. The highest BCUT2D eigenvalue weighted by Crippen LogP contribution is 2.55. The van der Waals surface area contributed by atoms with E-state index < -0.39 is 0 Å². The molecule has 4 aliphatic rings. The molecule has 4 heteroatoms. The first-order valence-electron chi connectivity index (χ1n) is 7.78. The molecule has 0 amide bonds. The Hall–Kier alpha value is -2.10. The van der Waals surface area contributed by atoms with E-state index in [9.17, 15) is 4.91 Å². The summed E-state index contributed by atoms with van der Waals surface area (Å²) in [5.41, 5.74) is 3.51. The van der Waals surface area contributed by atoms with Gasteiger partial charge in [-0.25, -0.2) is 0 Å². The largest absolute Gasteiger partial charge is 0.497 e. The molecular weight excluding hydrogens is 278 g/mol. The zero-order chi connectivity index (χ0) is 15.3. The molecule has 0 aromatic carbocycles. The third-order valence-electron chi connectivity index (χ3n) is 5.30. The molecule has 0 saturated heterocycles. The Bertz CT molecular complexity index is 708. The van der Waals surface area contributed by atoms with Crippen molar-refractivity contribution in [2.45, 2.75) is 25.7 Å². The molecule has 0 N–H and O–H groups in total. The maximum Gasteiger partial charge on any atom is 0.419 e. The second-order valence-corrected chi connectivity index (χ2v) is 6.50. The van der Waals surface area contributed by atoms with E-state index in [1.807, 2.05) is 12.2 Å². The lowest BCUT2D eigenvalue weighted by Gasteiger charge is -2.44. The molecule has 3 aliphatic carbocycles. The van der Waals surface area contributed by atoms with E-state index in [0.29, 0.717) is 11.8 Å². The first kappa shape index (κ1) is 13.6. The van der Waals surface area contributed by atoms with Crippen LogP contribution in [0.2, 0.25) is 0 Å². The van der Waals surface area contributed by atoms with Gasteiger partial charge in [0, 0.05) is 22.0 Å². The number of nitroso groups, excluding NO2 is 1. The van der Waals surface area contributed by atoms with Gasteiger partial charge in [0.25, 0.3) is 0 Å². The van der Waals surface area contributed by atoms with Crippen LogP contribution in [0.3, 0.4) is 0 Å². The van der Waals surface area contributed by atoms with Gasteiger partial charge in [0.15, 0.2) is 0 Å². The summed E-state index contributed by atoms with van der Waals surface area (Å²) in [5.74, 6) is 1.91. The molecule has 0 spiro atoms. The summed E-state index contributed by atoms with van der Waals surface area (Å²) < 4.78 is 11.7. The number of allylic oxidation sites excluding steroid dienone is 7. The summed E-state index contributed by atoms with van der Waals surface area (Å²) in [5, 5.41) is 0. The first-order chi connectivity index (χ1) is 10.6. The van der Waals surface area contributed by atoms with Gasteiger partial charge in [-0.3, -0.25) is 0 Å². The van der Waals surface area contributed by atoms with E-state index in [0.717, 1.165) is 41.8 Å². The molecule has 2 atom stereocenters. The van der Waals surface area contributed by atoms with Crippen molar-refractivity contribution in [3.05, 3.63) is 63.8 Å². The molecule has 22 heavy (non-hydrogen) atoms. The quantitative estimate of drug-likeness (QED) is 0.729. The summed E-state index contributed by atoms with van der Waals surface area (Å²) in [7, 11) is 3.25. The molecule has 2 unspecified atom stereocenters. The fraction of sp³-hybridized carbons (Fsp3) is 0.444. The molecular formula is C18H20NO3+. The number of hydrogen-bond acceptors (Lipinski definition) is 3. The topological polar surface area (TPSA) is 38.5 Å². The Labute approximate surface area is 130 Å². The van der Waals surface area contributed by atoms with Crippen LogP contribution in [0.15, 0.2) is 58.9 Å². The van der Waals surface area contributed by atoms with Gasteiger partial charge < -0.3 is 9.47 Å². The van der Waals surface area contributed by atoms with Crippen molar-refractivity contribution in [1.82, 2.24) is 0 Å². The van der Waals surface area contributed by atoms with Gasteiger partial charge in [-0.15, -0.1) is 0 Å². The number of methoxy groups -OCH3 is 2. The molecule has 1 saturated carbocycles. The third-order valence-corrected chi connectivity index (χ3v) is 5.30. The van der Waals surface area contributed by atoms with Gasteiger partial charge >= 0.3 is 5.88 Å². The van der Waals surface area contributed by atoms with Crippen LogP contribution in [-0.2, 0) is 9.47 Å². The molecule has 4 rings (SSSR count). The van der Waals surface area contributed by atoms with E-state index in [2.05, 4.69) is 12.2 Å². The molecule has 0 radical (unpaired) electrons. The number of nitrogens with zero attached hydrogens (tertiary/aromatic N) is 1. The lowest BCUT2D eigenvalue weighted by molar-refractivity contribution is -0.462. The maximum absolute atomic E-state index is 12.4. The van der Waals surface area contributed by atoms with Crippen LogP contribution < -0.4 is 0 Å². The highest BCUT2D eigenvalue weighted by atomic mass is 16.5. The lowest BCUT2D eigenvalue weighted by Crippen LogP contribution is -2.34. The zero-order valence-corrected chi connectivity index (χ0v) is 13.0. The molecule has 1 aliphatic heterocycles. The Morgan fingerprint density at radius 2 is 2.18 bits per heavy atom. The second-order valence-electron chi connectivity index (χ2n) is 6.50. The van der Waals surface area contributed by atoms with Crippen molar-refractivity contribution in [3.8, 4) is 0 Å². The van der Waals surface area contributed by atoms with Crippen LogP contribution in [0.4, 0.5) is 0 Å². The van der Waals surface area contributed by atoms with Crippen LogP contribution in [0.5, 0.6) is 0 Å². The Morgan fingerprint density at radius 1 is 1.32 bits per heavy atom. The average molecular weight is 298 g/mol. The van der Waals surface area contributed by atoms with Gasteiger partial charge in [-0.05, 0) is 54.9 Å². The van der Waals surface area contributed by atoms with Gasteiger partial charge in [0.2, 0.25) is 6.20 Å². The SMILES string of the molecule is COC1=CC2=C3CC4CCC3=C[N+](=O)C(OC)=CC2(C=C1)C4. The summed E-state index contributed by atoms with van der Waals surface area (Å²) in [6.07, 6.45) is 14.2. The Morgan fingerprint density at radius 3 is 2.95 bits per heavy atom. The van der Waals surface area contributed by atoms with Crippen molar-refractivity contribution >= 4 is 0 Å². The van der Waals surface area contributed by atoms with Crippen molar-refractivity contribution in [3.63, 3.8) is 0 Å². The smallest absolute Gasteiger partial charge is 0.419 e. The van der Waals surface area contributed by atoms with E-state index in [-0.39, 0.29) is 5.41 Å². The summed E-state index contributed by atoms with van der Waals surface area (Å²) in [6, 6.07) is 0. The first-order valence-corrected chi connectivity index (χ1v) is 7.78. The van der Waals surface area contributed by atoms with Crippen molar-refractivity contribution < 1.29 is 14.2 Å². The van der Waals surface area contributed by atoms with Gasteiger partial charge in [-0.2, -0.15) is 0 Å². The van der Waals surface area contributed by atoms with Crippen LogP contribution >= 0.6 is 0 Å². The molecule has 3 bridgehead atoms. The molecule has 1 heterocycles.